The number of phenolic OH excluding ortho intramolecular Hbond substituents is 1. The van der Waals surface area contributed by atoms with Gasteiger partial charge >= 0.3 is 6.18 Å². The fourth-order valence-electron chi connectivity index (χ4n) is 4.11. The van der Waals surface area contributed by atoms with Crippen molar-refractivity contribution in [3.8, 4) is 17.0 Å². The summed E-state index contributed by atoms with van der Waals surface area (Å²) in [5.41, 5.74) is 0.0194. The molecule has 30 heavy (non-hydrogen) atoms. The van der Waals surface area contributed by atoms with E-state index in [2.05, 4.69) is 27.5 Å². The summed E-state index contributed by atoms with van der Waals surface area (Å²) in [6.07, 6.45) is -2.41. The van der Waals surface area contributed by atoms with Gasteiger partial charge in [-0.05, 0) is 51.1 Å². The van der Waals surface area contributed by atoms with E-state index in [-0.39, 0.29) is 17.2 Å². The van der Waals surface area contributed by atoms with Gasteiger partial charge in [-0.1, -0.05) is 24.3 Å². The van der Waals surface area contributed by atoms with Gasteiger partial charge in [-0.3, -0.25) is 0 Å². The summed E-state index contributed by atoms with van der Waals surface area (Å²) in [5, 5.41) is 24.1. The number of aromatic nitrogens is 2. The summed E-state index contributed by atoms with van der Waals surface area (Å²) in [4.78, 5) is 2.26. The Morgan fingerprint density at radius 2 is 1.87 bits per heavy atom. The SMILES string of the molecule is Cc1cc(C(F)(F)F)cc(O)c1-c1nnc(NC2CCCN(C)C2)c2ccccc12. The van der Waals surface area contributed by atoms with Crippen LogP contribution in [0.3, 0.4) is 0 Å². The molecule has 2 aromatic carbocycles. The number of nitrogens with zero attached hydrogens (tertiary/aromatic N) is 3. The van der Waals surface area contributed by atoms with Crippen molar-refractivity contribution in [3.63, 3.8) is 0 Å². The molecule has 1 unspecified atom stereocenters. The Bertz CT molecular complexity index is 1060. The molecule has 0 bridgehead atoms. The molecule has 1 atom stereocenters. The lowest BCUT2D eigenvalue weighted by Gasteiger charge is -2.30. The van der Waals surface area contributed by atoms with Crippen LogP contribution in [0.5, 0.6) is 5.75 Å². The van der Waals surface area contributed by atoms with Crippen molar-refractivity contribution in [1.82, 2.24) is 15.1 Å². The predicted molar refractivity (Wildman–Crippen MR) is 111 cm³/mol. The molecule has 1 saturated heterocycles. The second kappa shape index (κ2) is 7.75. The zero-order valence-corrected chi connectivity index (χ0v) is 16.8. The van der Waals surface area contributed by atoms with E-state index in [1.165, 1.54) is 6.92 Å². The number of benzene rings is 2. The van der Waals surface area contributed by atoms with Crippen LogP contribution in [0.25, 0.3) is 22.0 Å². The molecule has 158 valence electrons. The van der Waals surface area contributed by atoms with E-state index in [0.717, 1.165) is 48.8 Å². The molecule has 2 N–H and O–H groups in total. The maximum absolute atomic E-state index is 13.1. The average Bonchev–Trinajstić information content (AvgIpc) is 2.68. The van der Waals surface area contributed by atoms with Crippen molar-refractivity contribution < 1.29 is 18.3 Å². The Labute approximate surface area is 172 Å². The van der Waals surface area contributed by atoms with Gasteiger partial charge in [0.1, 0.15) is 11.4 Å². The minimum absolute atomic E-state index is 0.244. The summed E-state index contributed by atoms with van der Waals surface area (Å²) >= 11 is 0. The summed E-state index contributed by atoms with van der Waals surface area (Å²) in [7, 11) is 2.08. The number of anilines is 1. The molecule has 0 radical (unpaired) electrons. The number of piperidine rings is 1. The maximum Gasteiger partial charge on any atom is 0.416 e. The molecule has 1 aromatic heterocycles. The van der Waals surface area contributed by atoms with Crippen molar-refractivity contribution in [1.29, 1.82) is 0 Å². The molecular weight excluding hydrogens is 393 g/mol. The van der Waals surface area contributed by atoms with Crippen LogP contribution in [-0.4, -0.2) is 46.4 Å². The number of phenols is 1. The third-order valence-electron chi connectivity index (χ3n) is 5.53. The van der Waals surface area contributed by atoms with E-state index < -0.39 is 17.5 Å². The number of hydrogen-bond donors (Lipinski definition) is 2. The van der Waals surface area contributed by atoms with Gasteiger partial charge in [0.05, 0.1) is 5.56 Å². The Kier molecular flexibility index (Phi) is 5.27. The van der Waals surface area contributed by atoms with Crippen LogP contribution < -0.4 is 5.32 Å². The normalized spacial score (nSPS) is 18.0. The summed E-state index contributed by atoms with van der Waals surface area (Å²) < 4.78 is 39.3. The summed E-state index contributed by atoms with van der Waals surface area (Å²) in [6.45, 7) is 3.50. The van der Waals surface area contributed by atoms with Crippen molar-refractivity contribution in [2.75, 3.05) is 25.5 Å². The Hall–Kier alpha value is -2.87. The second-order valence-electron chi connectivity index (χ2n) is 7.87. The van der Waals surface area contributed by atoms with Crippen LogP contribution in [0, 0.1) is 6.92 Å². The number of halogens is 3. The van der Waals surface area contributed by atoms with Crippen molar-refractivity contribution in [2.45, 2.75) is 32.0 Å². The van der Waals surface area contributed by atoms with Gasteiger partial charge in [0.25, 0.3) is 0 Å². The minimum Gasteiger partial charge on any atom is -0.507 e. The molecule has 1 fully saturated rings. The zero-order valence-electron chi connectivity index (χ0n) is 16.8. The standard InChI is InChI=1S/C22H23F3N4O/c1-13-10-14(22(23,24)25)11-18(30)19(13)20-16-7-3-4-8-17(16)21(28-27-20)26-15-6-5-9-29(2)12-15/h3-4,7-8,10-11,15,30H,5-6,9,12H2,1-2H3,(H,26,28). The van der Waals surface area contributed by atoms with Crippen molar-refractivity contribution >= 4 is 16.6 Å². The average molecular weight is 416 g/mol. The molecule has 8 heteroatoms. The number of fused-ring (bicyclic) bond motifs is 1. The molecule has 3 aromatic rings. The molecule has 0 saturated carbocycles. The Morgan fingerprint density at radius 3 is 2.53 bits per heavy atom. The van der Waals surface area contributed by atoms with Crippen LogP contribution in [-0.2, 0) is 6.18 Å². The molecule has 0 amide bonds. The van der Waals surface area contributed by atoms with Gasteiger partial charge in [-0.2, -0.15) is 13.2 Å². The zero-order chi connectivity index (χ0) is 21.5. The topological polar surface area (TPSA) is 61.3 Å². The molecule has 4 rings (SSSR count). The molecule has 0 aliphatic carbocycles. The predicted octanol–water partition coefficient (Wildman–Crippen LogP) is 4.84. The largest absolute Gasteiger partial charge is 0.507 e. The van der Waals surface area contributed by atoms with E-state index in [1.54, 1.807) is 0 Å². The second-order valence-corrected chi connectivity index (χ2v) is 7.87. The maximum atomic E-state index is 13.1. The van der Waals surface area contributed by atoms with Crippen LogP contribution >= 0.6 is 0 Å². The number of nitrogens with one attached hydrogen (secondary N) is 1. The van der Waals surface area contributed by atoms with Crippen LogP contribution in [0.2, 0.25) is 0 Å². The molecule has 1 aliphatic rings. The molecular formula is C22H23F3N4O. The number of aryl methyl sites for hydroxylation is 1. The molecule has 0 spiro atoms. The quantitative estimate of drug-likeness (QED) is 0.640. The van der Waals surface area contributed by atoms with Crippen LogP contribution in [0.1, 0.15) is 24.0 Å². The van der Waals surface area contributed by atoms with Gasteiger partial charge in [-0.15, -0.1) is 10.2 Å². The van der Waals surface area contributed by atoms with Gasteiger partial charge < -0.3 is 15.3 Å². The first kappa shape index (κ1) is 20.4. The lowest BCUT2D eigenvalue weighted by atomic mass is 9.97. The van der Waals surface area contributed by atoms with Gasteiger partial charge in [-0.25, -0.2) is 0 Å². The fraction of sp³-hybridized carbons (Fsp3) is 0.364. The molecule has 2 heterocycles. The lowest BCUT2D eigenvalue weighted by Crippen LogP contribution is -2.40. The first-order valence-electron chi connectivity index (χ1n) is 9.85. The van der Waals surface area contributed by atoms with E-state index in [9.17, 15) is 18.3 Å². The van der Waals surface area contributed by atoms with E-state index in [1.807, 2.05) is 24.3 Å². The smallest absolute Gasteiger partial charge is 0.416 e. The van der Waals surface area contributed by atoms with E-state index >= 15 is 0 Å². The third-order valence-corrected chi connectivity index (χ3v) is 5.53. The van der Waals surface area contributed by atoms with Crippen molar-refractivity contribution in [3.05, 3.63) is 47.5 Å². The minimum atomic E-state index is -4.53. The van der Waals surface area contributed by atoms with Crippen LogP contribution in [0.4, 0.5) is 19.0 Å². The number of rotatable bonds is 3. The van der Waals surface area contributed by atoms with Gasteiger partial charge in [0, 0.05) is 28.9 Å². The van der Waals surface area contributed by atoms with Gasteiger partial charge in [0.15, 0.2) is 5.82 Å². The number of aromatic hydroxyl groups is 1. The van der Waals surface area contributed by atoms with Crippen molar-refractivity contribution in [2.24, 2.45) is 0 Å². The molecule has 5 nitrogen and oxygen atoms in total. The number of hydrogen-bond acceptors (Lipinski definition) is 5. The Balaban J connectivity index is 1.79. The molecule has 1 aliphatic heterocycles. The third kappa shape index (κ3) is 3.92. The summed E-state index contributed by atoms with van der Waals surface area (Å²) in [5.74, 6) is 0.176. The fourth-order valence-corrected chi connectivity index (χ4v) is 4.11. The lowest BCUT2D eigenvalue weighted by molar-refractivity contribution is -0.137. The highest BCUT2D eigenvalue weighted by molar-refractivity contribution is 6.01. The highest BCUT2D eigenvalue weighted by atomic mass is 19.4. The Morgan fingerprint density at radius 1 is 1.13 bits per heavy atom. The monoisotopic (exact) mass is 416 g/mol. The summed E-state index contributed by atoms with van der Waals surface area (Å²) in [6, 6.07) is 9.47. The van der Waals surface area contributed by atoms with E-state index in [4.69, 9.17) is 0 Å². The number of likely N-dealkylation sites (tertiary alicyclic amines) is 1. The first-order valence-corrected chi connectivity index (χ1v) is 9.85. The van der Waals surface area contributed by atoms with Crippen LogP contribution in [0.15, 0.2) is 36.4 Å². The van der Waals surface area contributed by atoms with E-state index in [0.29, 0.717) is 11.5 Å². The first-order chi connectivity index (χ1) is 14.2. The van der Waals surface area contributed by atoms with Gasteiger partial charge in [0.2, 0.25) is 0 Å². The highest BCUT2D eigenvalue weighted by Crippen LogP contribution is 2.41. The number of alkyl halides is 3. The number of likely N-dealkylation sites (N-methyl/N-ethyl adjacent to an activating group) is 1. The highest BCUT2D eigenvalue weighted by Gasteiger charge is 2.32.